The number of amides is 1. The third kappa shape index (κ3) is 5.74. The molecule has 1 saturated heterocycles. The molecule has 1 aliphatic heterocycles. The first-order valence-corrected chi connectivity index (χ1v) is 10.2. The normalized spacial score (nSPS) is 14.7. The van der Waals surface area contributed by atoms with Gasteiger partial charge in [0.2, 0.25) is 0 Å². The Morgan fingerprint density at radius 1 is 1.07 bits per heavy atom. The van der Waals surface area contributed by atoms with Gasteiger partial charge in [0, 0.05) is 58.1 Å². The van der Waals surface area contributed by atoms with Gasteiger partial charge in [-0.05, 0) is 30.3 Å². The minimum Gasteiger partial charge on any atom is -0.354 e. The van der Waals surface area contributed by atoms with Gasteiger partial charge in [0.1, 0.15) is 5.82 Å². The van der Waals surface area contributed by atoms with Gasteiger partial charge >= 0.3 is 0 Å². The van der Waals surface area contributed by atoms with Gasteiger partial charge in [0.15, 0.2) is 5.96 Å². The van der Waals surface area contributed by atoms with Gasteiger partial charge < -0.3 is 20.4 Å². The summed E-state index contributed by atoms with van der Waals surface area (Å²) in [7, 11) is 1.77. The van der Waals surface area contributed by atoms with Crippen LogP contribution in [0.1, 0.15) is 10.4 Å². The first-order chi connectivity index (χ1) is 14.1. The van der Waals surface area contributed by atoms with Crippen molar-refractivity contribution in [3.8, 4) is 0 Å². The molecule has 1 amide bonds. The van der Waals surface area contributed by atoms with Crippen LogP contribution in [-0.2, 0) is 0 Å². The Kier molecular flexibility index (Phi) is 7.55. The van der Waals surface area contributed by atoms with Crippen LogP contribution < -0.4 is 15.5 Å². The van der Waals surface area contributed by atoms with Crippen molar-refractivity contribution < 1.29 is 4.79 Å². The second-order valence-electron chi connectivity index (χ2n) is 6.52. The lowest BCUT2D eigenvalue weighted by atomic mass is 10.2. The summed E-state index contributed by atoms with van der Waals surface area (Å²) in [5.74, 6) is 1.64. The Hall–Kier alpha value is -2.51. The van der Waals surface area contributed by atoms with Crippen molar-refractivity contribution in [1.29, 1.82) is 0 Å². The highest BCUT2D eigenvalue weighted by Crippen LogP contribution is 2.22. The molecule has 1 aromatic carbocycles. The number of pyridine rings is 1. The van der Waals surface area contributed by atoms with Crippen molar-refractivity contribution in [3.05, 3.63) is 58.2 Å². The molecule has 2 heterocycles. The van der Waals surface area contributed by atoms with Crippen LogP contribution in [0.2, 0.25) is 10.0 Å². The van der Waals surface area contributed by atoms with Gasteiger partial charge in [0.25, 0.3) is 5.91 Å². The van der Waals surface area contributed by atoms with Crippen LogP contribution in [0, 0.1) is 0 Å². The average Bonchev–Trinajstić information content (AvgIpc) is 2.76. The average molecular weight is 435 g/mol. The molecule has 0 atom stereocenters. The topological polar surface area (TPSA) is 72.9 Å². The largest absolute Gasteiger partial charge is 0.354 e. The highest BCUT2D eigenvalue weighted by Gasteiger charge is 2.20. The lowest BCUT2D eigenvalue weighted by Gasteiger charge is -2.37. The molecule has 0 spiro atoms. The van der Waals surface area contributed by atoms with Crippen LogP contribution in [0.5, 0.6) is 0 Å². The third-order valence-electron chi connectivity index (χ3n) is 4.64. The maximum Gasteiger partial charge on any atom is 0.251 e. The van der Waals surface area contributed by atoms with E-state index in [0.29, 0.717) is 28.7 Å². The number of rotatable bonds is 5. The highest BCUT2D eigenvalue weighted by molar-refractivity contribution is 6.42. The van der Waals surface area contributed by atoms with Gasteiger partial charge in [-0.25, -0.2) is 4.98 Å². The number of hydrogen-bond donors (Lipinski definition) is 2. The molecule has 154 valence electrons. The van der Waals surface area contributed by atoms with E-state index >= 15 is 0 Å². The van der Waals surface area contributed by atoms with Crippen molar-refractivity contribution in [2.75, 3.05) is 51.2 Å². The molecule has 0 saturated carbocycles. The van der Waals surface area contributed by atoms with Gasteiger partial charge in [-0.2, -0.15) is 0 Å². The Bertz CT molecular complexity index is 853. The number of benzene rings is 1. The van der Waals surface area contributed by atoms with E-state index in [9.17, 15) is 4.79 Å². The van der Waals surface area contributed by atoms with Crippen LogP contribution in [0.3, 0.4) is 0 Å². The molecule has 0 unspecified atom stereocenters. The molecule has 0 aliphatic carbocycles. The number of hydrogen-bond acceptors (Lipinski definition) is 4. The summed E-state index contributed by atoms with van der Waals surface area (Å²) in [6, 6.07) is 10.8. The minimum atomic E-state index is -0.190. The molecule has 0 bridgehead atoms. The fourth-order valence-corrected chi connectivity index (χ4v) is 3.41. The standard InChI is InChI=1S/C20H24Cl2N6O/c1-23-20(28-12-10-27(11-13-28)18-4-2-3-7-24-18)26-9-8-25-19(29)15-5-6-16(21)17(22)14-15/h2-7,14H,8-13H2,1H3,(H,23,26)(H,25,29). The second kappa shape index (κ2) is 10.3. The molecular weight excluding hydrogens is 411 g/mol. The Morgan fingerprint density at radius 3 is 2.48 bits per heavy atom. The van der Waals surface area contributed by atoms with E-state index in [-0.39, 0.29) is 5.91 Å². The quantitative estimate of drug-likeness (QED) is 0.429. The lowest BCUT2D eigenvalue weighted by Crippen LogP contribution is -2.53. The van der Waals surface area contributed by atoms with E-state index in [2.05, 4.69) is 30.4 Å². The van der Waals surface area contributed by atoms with Gasteiger partial charge in [0.05, 0.1) is 10.0 Å². The first-order valence-electron chi connectivity index (χ1n) is 9.43. The fourth-order valence-electron chi connectivity index (χ4n) is 3.11. The van der Waals surface area contributed by atoms with Gasteiger partial charge in [-0.15, -0.1) is 0 Å². The molecule has 7 nitrogen and oxygen atoms in total. The zero-order valence-electron chi connectivity index (χ0n) is 16.2. The number of nitrogens with zero attached hydrogens (tertiary/aromatic N) is 4. The molecule has 2 N–H and O–H groups in total. The van der Waals surface area contributed by atoms with E-state index in [1.165, 1.54) is 0 Å². The predicted octanol–water partition coefficient (Wildman–Crippen LogP) is 2.52. The fraction of sp³-hybridized carbons (Fsp3) is 0.350. The van der Waals surface area contributed by atoms with E-state index in [0.717, 1.165) is 38.0 Å². The van der Waals surface area contributed by atoms with Crippen molar-refractivity contribution in [2.24, 2.45) is 4.99 Å². The number of carbonyl (C=O) groups excluding carboxylic acids is 1. The summed E-state index contributed by atoms with van der Waals surface area (Å²) in [5.41, 5.74) is 0.481. The number of piperazine rings is 1. The molecule has 0 radical (unpaired) electrons. The van der Waals surface area contributed by atoms with Crippen molar-refractivity contribution in [3.63, 3.8) is 0 Å². The molecular formula is C20H24Cl2N6O. The number of nitrogens with one attached hydrogen (secondary N) is 2. The van der Waals surface area contributed by atoms with Crippen LogP contribution in [0.15, 0.2) is 47.6 Å². The smallest absolute Gasteiger partial charge is 0.251 e. The predicted molar refractivity (Wildman–Crippen MR) is 118 cm³/mol. The molecule has 29 heavy (non-hydrogen) atoms. The molecule has 1 fully saturated rings. The number of aromatic nitrogens is 1. The van der Waals surface area contributed by atoms with Gasteiger partial charge in [-0.3, -0.25) is 9.79 Å². The van der Waals surface area contributed by atoms with Crippen LogP contribution >= 0.6 is 23.2 Å². The zero-order chi connectivity index (χ0) is 20.6. The van der Waals surface area contributed by atoms with Crippen molar-refractivity contribution in [2.45, 2.75) is 0 Å². The van der Waals surface area contributed by atoms with Crippen molar-refractivity contribution >= 4 is 40.9 Å². The SMILES string of the molecule is CN=C(NCCNC(=O)c1ccc(Cl)c(Cl)c1)N1CCN(c2ccccn2)CC1. The maximum atomic E-state index is 12.2. The number of aliphatic imine (C=N–C) groups is 1. The monoisotopic (exact) mass is 434 g/mol. The first kappa shape index (κ1) is 21.2. The van der Waals surface area contributed by atoms with E-state index in [1.807, 2.05) is 24.4 Å². The number of carbonyl (C=O) groups is 1. The van der Waals surface area contributed by atoms with E-state index in [4.69, 9.17) is 23.2 Å². The molecule has 3 rings (SSSR count). The maximum absolute atomic E-state index is 12.2. The number of anilines is 1. The van der Waals surface area contributed by atoms with Crippen LogP contribution in [0.25, 0.3) is 0 Å². The summed E-state index contributed by atoms with van der Waals surface area (Å²) < 4.78 is 0. The molecule has 1 aliphatic rings. The minimum absolute atomic E-state index is 0.190. The Morgan fingerprint density at radius 2 is 1.83 bits per heavy atom. The summed E-state index contributed by atoms with van der Waals surface area (Å²) >= 11 is 11.8. The highest BCUT2D eigenvalue weighted by atomic mass is 35.5. The Balaban J connectivity index is 1.42. The summed E-state index contributed by atoms with van der Waals surface area (Å²) in [6.07, 6.45) is 1.81. The Labute approximate surface area is 180 Å². The zero-order valence-corrected chi connectivity index (χ0v) is 17.7. The van der Waals surface area contributed by atoms with Crippen molar-refractivity contribution in [1.82, 2.24) is 20.5 Å². The van der Waals surface area contributed by atoms with E-state index in [1.54, 1.807) is 25.2 Å². The second-order valence-corrected chi connectivity index (χ2v) is 7.34. The summed E-state index contributed by atoms with van der Waals surface area (Å²) in [6.45, 7) is 4.50. The lowest BCUT2D eigenvalue weighted by molar-refractivity contribution is 0.0954. The van der Waals surface area contributed by atoms with Crippen LogP contribution in [-0.4, -0.2) is 68.1 Å². The molecule has 2 aromatic rings. The van der Waals surface area contributed by atoms with Crippen LogP contribution in [0.4, 0.5) is 5.82 Å². The van der Waals surface area contributed by atoms with E-state index < -0.39 is 0 Å². The molecule has 1 aromatic heterocycles. The number of guanidine groups is 1. The summed E-state index contributed by atoms with van der Waals surface area (Å²) in [5, 5.41) is 6.96. The third-order valence-corrected chi connectivity index (χ3v) is 5.38. The number of halogens is 2. The van der Waals surface area contributed by atoms with Gasteiger partial charge in [-0.1, -0.05) is 29.3 Å². The summed E-state index contributed by atoms with van der Waals surface area (Å²) in [4.78, 5) is 25.4. The molecule has 9 heteroatoms.